The molecule has 2 aromatic heterocycles. The number of carbonyl (C=O) groups excluding carboxylic acids is 1. The summed E-state index contributed by atoms with van der Waals surface area (Å²) < 4.78 is 6.69. The van der Waals surface area contributed by atoms with Crippen molar-refractivity contribution in [2.75, 3.05) is 10.3 Å². The van der Waals surface area contributed by atoms with E-state index in [1.54, 1.807) is 58.4 Å². The second-order valence-corrected chi connectivity index (χ2v) is 7.63. The number of aliphatic hydroxyl groups excluding tert-OH is 2. The van der Waals surface area contributed by atoms with Crippen molar-refractivity contribution in [3.05, 3.63) is 23.5 Å². The topological polar surface area (TPSA) is 138 Å². The van der Waals surface area contributed by atoms with Crippen LogP contribution in [-0.4, -0.2) is 54.3 Å². The molecule has 0 radical (unpaired) electrons. The molecule has 11 nitrogen and oxygen atoms in total. The molecule has 4 N–H and O–H groups in total. The summed E-state index contributed by atoms with van der Waals surface area (Å²) >= 11 is 0. The van der Waals surface area contributed by atoms with E-state index in [-0.39, 0.29) is 0 Å². The van der Waals surface area contributed by atoms with E-state index in [0.29, 0.717) is 28.7 Å². The zero-order chi connectivity index (χ0) is 21.9. The summed E-state index contributed by atoms with van der Waals surface area (Å²) in [5.74, 6) is 0.756. The van der Waals surface area contributed by atoms with Gasteiger partial charge >= 0.3 is 6.09 Å². The third-order valence-electron chi connectivity index (χ3n) is 3.88. The molecule has 2 unspecified atom stereocenters. The molecule has 2 atom stereocenters. The summed E-state index contributed by atoms with van der Waals surface area (Å²) in [5, 5.41) is 32.6. The van der Waals surface area contributed by atoms with Gasteiger partial charge in [0.05, 0.1) is 17.1 Å². The van der Waals surface area contributed by atoms with Gasteiger partial charge in [-0.3, -0.25) is 5.43 Å². The normalized spacial score (nSPS) is 13.6. The Labute approximate surface area is 169 Å². The molecular formula is C18H29N7O4. The minimum atomic E-state index is -0.901. The number of nitrogens with one attached hydrogen (secondary N) is 2. The number of aryl methyl sites for hydroxylation is 1. The number of carbonyl (C=O) groups is 1. The molecule has 29 heavy (non-hydrogen) atoms. The van der Waals surface area contributed by atoms with Crippen LogP contribution in [0.15, 0.2) is 12.1 Å². The maximum absolute atomic E-state index is 11.7. The van der Waals surface area contributed by atoms with E-state index in [9.17, 15) is 15.0 Å². The number of amides is 1. The zero-order valence-corrected chi connectivity index (χ0v) is 17.8. The van der Waals surface area contributed by atoms with Crippen molar-refractivity contribution < 1.29 is 19.7 Å². The molecule has 2 rings (SSSR count). The lowest BCUT2D eigenvalue weighted by Crippen LogP contribution is -2.40. The fourth-order valence-corrected chi connectivity index (χ4v) is 2.84. The van der Waals surface area contributed by atoms with Crippen molar-refractivity contribution in [2.24, 2.45) is 0 Å². The first kappa shape index (κ1) is 22.4. The summed E-state index contributed by atoms with van der Waals surface area (Å²) in [7, 11) is 0. The number of aliphatic hydroxyl groups is 2. The molecule has 0 aliphatic rings. The monoisotopic (exact) mass is 407 g/mol. The average molecular weight is 407 g/mol. The van der Waals surface area contributed by atoms with E-state index in [1.165, 1.54) is 4.90 Å². The molecule has 0 aliphatic carbocycles. The molecule has 2 heterocycles. The Kier molecular flexibility index (Phi) is 6.65. The predicted octanol–water partition coefficient (Wildman–Crippen LogP) is 1.61. The van der Waals surface area contributed by atoms with Gasteiger partial charge in [0.1, 0.15) is 18.1 Å². The first-order valence-corrected chi connectivity index (χ1v) is 9.20. The van der Waals surface area contributed by atoms with E-state index in [2.05, 4.69) is 26.1 Å². The van der Waals surface area contributed by atoms with Crippen molar-refractivity contribution >= 4 is 17.6 Å². The Morgan fingerprint density at radius 1 is 1.17 bits per heavy atom. The molecule has 0 saturated heterocycles. The van der Waals surface area contributed by atoms with E-state index in [4.69, 9.17) is 4.74 Å². The molecule has 0 saturated carbocycles. The lowest BCUT2D eigenvalue weighted by molar-refractivity contribution is 0.0540. The minimum absolute atomic E-state index is 0.316. The van der Waals surface area contributed by atoms with E-state index in [0.717, 1.165) is 0 Å². The third-order valence-corrected chi connectivity index (χ3v) is 3.88. The first-order chi connectivity index (χ1) is 13.4. The standard InChI is InChI=1S/C18H29N7O4/c1-10-16(24(12(3)26)13(4)27)11(2)25(23-10)15-9-8-14(19-21-15)20-22-17(28)29-18(5,6)7/h8-9,12-13,26-27H,1-7H3,(H,19,20)(H,22,28). The minimum Gasteiger partial charge on any atom is -0.443 e. The van der Waals surface area contributed by atoms with Gasteiger partial charge in [-0.05, 0) is 60.6 Å². The van der Waals surface area contributed by atoms with Crippen LogP contribution in [0.5, 0.6) is 0 Å². The number of hydrazine groups is 1. The van der Waals surface area contributed by atoms with Crippen LogP contribution in [0.3, 0.4) is 0 Å². The van der Waals surface area contributed by atoms with Crippen molar-refractivity contribution in [1.29, 1.82) is 0 Å². The van der Waals surface area contributed by atoms with Gasteiger partial charge in [-0.25, -0.2) is 14.9 Å². The Morgan fingerprint density at radius 3 is 2.28 bits per heavy atom. The van der Waals surface area contributed by atoms with Gasteiger partial charge in [0.2, 0.25) is 0 Å². The largest absolute Gasteiger partial charge is 0.443 e. The van der Waals surface area contributed by atoms with Gasteiger partial charge in [-0.1, -0.05) is 0 Å². The van der Waals surface area contributed by atoms with E-state index >= 15 is 0 Å². The number of hydrogen-bond donors (Lipinski definition) is 4. The Morgan fingerprint density at radius 2 is 1.79 bits per heavy atom. The van der Waals surface area contributed by atoms with Crippen LogP contribution >= 0.6 is 0 Å². The zero-order valence-electron chi connectivity index (χ0n) is 17.8. The number of rotatable bonds is 6. The highest BCUT2D eigenvalue weighted by atomic mass is 16.6. The number of aromatic nitrogens is 4. The van der Waals surface area contributed by atoms with Crippen LogP contribution < -0.4 is 15.8 Å². The van der Waals surface area contributed by atoms with Crippen LogP contribution in [0.2, 0.25) is 0 Å². The van der Waals surface area contributed by atoms with E-state index in [1.807, 2.05) is 6.92 Å². The quantitative estimate of drug-likeness (QED) is 0.415. The number of nitrogens with zero attached hydrogens (tertiary/aromatic N) is 5. The summed E-state index contributed by atoms with van der Waals surface area (Å²) in [6.07, 6.45) is -2.44. The number of hydrogen-bond acceptors (Lipinski definition) is 9. The highest BCUT2D eigenvalue weighted by Gasteiger charge is 2.25. The molecule has 0 bridgehead atoms. The smallest absolute Gasteiger partial charge is 0.426 e. The Balaban J connectivity index is 2.18. The lowest BCUT2D eigenvalue weighted by atomic mass is 10.2. The second kappa shape index (κ2) is 8.62. The lowest BCUT2D eigenvalue weighted by Gasteiger charge is -2.30. The van der Waals surface area contributed by atoms with Crippen LogP contribution in [0.4, 0.5) is 16.3 Å². The summed E-state index contributed by atoms with van der Waals surface area (Å²) in [6, 6.07) is 3.29. The van der Waals surface area contributed by atoms with Crippen LogP contribution in [0.1, 0.15) is 46.0 Å². The molecule has 1 amide bonds. The second-order valence-electron chi connectivity index (χ2n) is 7.63. The number of anilines is 2. The maximum Gasteiger partial charge on any atom is 0.426 e. The molecule has 0 fully saturated rings. The highest BCUT2D eigenvalue weighted by Crippen LogP contribution is 2.28. The van der Waals surface area contributed by atoms with Crippen molar-refractivity contribution in [3.63, 3.8) is 0 Å². The molecule has 0 aliphatic heterocycles. The van der Waals surface area contributed by atoms with Gasteiger partial charge in [-0.2, -0.15) is 5.10 Å². The number of ether oxygens (including phenoxy) is 1. The van der Waals surface area contributed by atoms with Gasteiger partial charge in [0.25, 0.3) is 0 Å². The van der Waals surface area contributed by atoms with Crippen LogP contribution in [0, 0.1) is 13.8 Å². The molecule has 11 heteroatoms. The fraction of sp³-hybridized carbons (Fsp3) is 0.556. The fourth-order valence-electron chi connectivity index (χ4n) is 2.84. The SMILES string of the molecule is Cc1nn(-c2ccc(NNC(=O)OC(C)(C)C)nn2)c(C)c1N(C(C)O)C(C)O. The van der Waals surface area contributed by atoms with Crippen molar-refractivity contribution in [2.45, 2.75) is 66.5 Å². The van der Waals surface area contributed by atoms with Gasteiger partial charge in [0.15, 0.2) is 11.6 Å². The van der Waals surface area contributed by atoms with Crippen molar-refractivity contribution in [1.82, 2.24) is 25.4 Å². The summed E-state index contributed by atoms with van der Waals surface area (Å²) in [6.45, 7) is 12.0. The van der Waals surface area contributed by atoms with Crippen LogP contribution in [-0.2, 0) is 4.74 Å². The summed E-state index contributed by atoms with van der Waals surface area (Å²) in [4.78, 5) is 13.1. The van der Waals surface area contributed by atoms with Crippen molar-refractivity contribution in [3.8, 4) is 5.82 Å². The predicted molar refractivity (Wildman–Crippen MR) is 107 cm³/mol. The first-order valence-electron chi connectivity index (χ1n) is 9.20. The van der Waals surface area contributed by atoms with Crippen LogP contribution in [0.25, 0.3) is 5.82 Å². The molecule has 0 spiro atoms. The molecule has 160 valence electrons. The van der Waals surface area contributed by atoms with E-state index < -0.39 is 24.2 Å². The molecule has 0 aromatic carbocycles. The molecule has 2 aromatic rings. The summed E-state index contributed by atoms with van der Waals surface area (Å²) in [5.41, 5.74) is 6.32. The third kappa shape index (κ3) is 5.55. The Hall–Kier alpha value is -2.92. The average Bonchev–Trinajstić information content (AvgIpc) is 2.87. The maximum atomic E-state index is 11.7. The van der Waals surface area contributed by atoms with Gasteiger partial charge in [0, 0.05) is 0 Å². The highest BCUT2D eigenvalue weighted by molar-refractivity contribution is 5.69. The van der Waals surface area contributed by atoms with Gasteiger partial charge in [-0.15, -0.1) is 10.2 Å². The van der Waals surface area contributed by atoms with Gasteiger partial charge < -0.3 is 19.8 Å². The Bertz CT molecular complexity index is 833. The molecular weight excluding hydrogens is 378 g/mol.